The van der Waals surface area contributed by atoms with Gasteiger partial charge >= 0.3 is 12.1 Å². The number of tetrazole rings is 1. The maximum atomic E-state index is 12.8. The molecule has 0 radical (unpaired) electrons. The van der Waals surface area contributed by atoms with E-state index in [1.165, 1.54) is 11.6 Å². The van der Waals surface area contributed by atoms with Crippen molar-refractivity contribution in [3.8, 4) is 5.69 Å². The Morgan fingerprint density at radius 3 is 2.54 bits per heavy atom. The van der Waals surface area contributed by atoms with Crippen molar-refractivity contribution < 1.29 is 18.0 Å². The van der Waals surface area contributed by atoms with Crippen LogP contribution >= 0.6 is 0 Å². The number of amides is 1. The van der Waals surface area contributed by atoms with Crippen LogP contribution in [0.5, 0.6) is 0 Å². The highest BCUT2D eigenvalue weighted by molar-refractivity contribution is 5.82. The summed E-state index contributed by atoms with van der Waals surface area (Å²) in [5.74, 6) is -1.78. The maximum absolute atomic E-state index is 12.8. The second kappa shape index (κ2) is 6.21. The molecule has 24 heavy (non-hydrogen) atoms. The molecule has 0 spiro atoms. The third-order valence-electron chi connectivity index (χ3n) is 4.17. The average Bonchev–Trinajstić information content (AvgIpc) is 3.02. The standard InChI is InChI=1S/C15H18F3N5O/c1-5-14(3,22(4)13(24)15(16,17)18)12-19-20-21-23(12)11-8-6-7-10(2)9-11/h6-9H,5H2,1-4H3. The van der Waals surface area contributed by atoms with Crippen molar-refractivity contribution in [3.63, 3.8) is 0 Å². The molecule has 1 aromatic heterocycles. The van der Waals surface area contributed by atoms with E-state index in [-0.39, 0.29) is 12.2 Å². The lowest BCUT2D eigenvalue weighted by Gasteiger charge is -2.37. The predicted octanol–water partition coefficient (Wildman–Crippen LogP) is 2.62. The Hall–Kier alpha value is -2.45. The van der Waals surface area contributed by atoms with E-state index in [2.05, 4.69) is 15.5 Å². The summed E-state index contributed by atoms with van der Waals surface area (Å²) in [6, 6.07) is 7.23. The first-order valence-electron chi connectivity index (χ1n) is 7.32. The number of hydrogen-bond acceptors (Lipinski definition) is 4. The first-order chi connectivity index (χ1) is 11.1. The Kier molecular flexibility index (Phi) is 4.63. The van der Waals surface area contributed by atoms with Crippen molar-refractivity contribution in [1.29, 1.82) is 0 Å². The third-order valence-corrected chi connectivity index (χ3v) is 4.17. The Balaban J connectivity index is 2.53. The fraction of sp³-hybridized carbons (Fsp3) is 0.467. The number of benzene rings is 1. The van der Waals surface area contributed by atoms with Crippen molar-refractivity contribution in [3.05, 3.63) is 35.7 Å². The number of carbonyl (C=O) groups excluding carboxylic acids is 1. The van der Waals surface area contributed by atoms with Crippen molar-refractivity contribution in [2.45, 2.75) is 38.9 Å². The summed E-state index contributed by atoms with van der Waals surface area (Å²) in [5.41, 5.74) is 0.245. The minimum absolute atomic E-state index is 0.163. The van der Waals surface area contributed by atoms with E-state index in [1.807, 2.05) is 19.1 Å². The number of hydrogen-bond donors (Lipinski definition) is 0. The summed E-state index contributed by atoms with van der Waals surface area (Å²) in [7, 11) is 1.11. The predicted molar refractivity (Wildman–Crippen MR) is 80.4 cm³/mol. The minimum atomic E-state index is -4.97. The molecular formula is C15H18F3N5O. The van der Waals surface area contributed by atoms with Crippen LogP contribution in [0.4, 0.5) is 13.2 Å². The van der Waals surface area contributed by atoms with E-state index >= 15 is 0 Å². The second-order valence-corrected chi connectivity index (χ2v) is 5.74. The molecule has 0 saturated carbocycles. The Morgan fingerprint density at radius 2 is 2.00 bits per heavy atom. The second-order valence-electron chi connectivity index (χ2n) is 5.74. The van der Waals surface area contributed by atoms with E-state index in [0.717, 1.165) is 12.6 Å². The zero-order chi connectivity index (χ0) is 18.1. The third kappa shape index (κ3) is 3.10. The average molecular weight is 341 g/mol. The Morgan fingerprint density at radius 1 is 1.33 bits per heavy atom. The number of halogens is 3. The normalized spacial score (nSPS) is 14.3. The van der Waals surface area contributed by atoms with Gasteiger partial charge in [-0.2, -0.15) is 17.9 Å². The lowest BCUT2D eigenvalue weighted by atomic mass is 9.95. The molecule has 0 aliphatic carbocycles. The topological polar surface area (TPSA) is 63.9 Å². The quantitative estimate of drug-likeness (QED) is 0.857. The van der Waals surface area contributed by atoms with Crippen LogP contribution in [0.2, 0.25) is 0 Å². The van der Waals surface area contributed by atoms with Gasteiger partial charge in [0, 0.05) is 7.05 Å². The van der Waals surface area contributed by atoms with Gasteiger partial charge in [-0.25, -0.2) is 0 Å². The van der Waals surface area contributed by atoms with Crippen molar-refractivity contribution in [2.75, 3.05) is 7.05 Å². The molecule has 1 aromatic carbocycles. The number of alkyl halides is 3. The number of rotatable bonds is 4. The van der Waals surface area contributed by atoms with E-state index in [0.29, 0.717) is 10.6 Å². The maximum Gasteiger partial charge on any atom is 0.471 e. The van der Waals surface area contributed by atoms with Crippen molar-refractivity contribution >= 4 is 5.91 Å². The van der Waals surface area contributed by atoms with Crippen LogP contribution in [0.25, 0.3) is 5.69 Å². The zero-order valence-corrected chi connectivity index (χ0v) is 13.8. The van der Waals surface area contributed by atoms with Crippen molar-refractivity contribution in [1.82, 2.24) is 25.1 Å². The highest BCUT2D eigenvalue weighted by Gasteiger charge is 2.48. The van der Waals surface area contributed by atoms with Gasteiger partial charge in [-0.15, -0.1) is 5.10 Å². The number of aryl methyl sites for hydroxylation is 1. The largest absolute Gasteiger partial charge is 0.471 e. The monoisotopic (exact) mass is 341 g/mol. The molecule has 0 aliphatic heterocycles. The molecule has 1 heterocycles. The first kappa shape index (κ1) is 17.9. The molecule has 0 bridgehead atoms. The summed E-state index contributed by atoms with van der Waals surface area (Å²) in [6.07, 6.45) is -4.76. The zero-order valence-electron chi connectivity index (χ0n) is 13.8. The van der Waals surface area contributed by atoms with Gasteiger partial charge in [0.25, 0.3) is 0 Å². The van der Waals surface area contributed by atoms with Crippen LogP contribution in [0, 0.1) is 6.92 Å². The van der Waals surface area contributed by atoms with Crippen LogP contribution in [-0.4, -0.2) is 44.2 Å². The van der Waals surface area contributed by atoms with Gasteiger partial charge in [0.05, 0.1) is 5.69 Å². The van der Waals surface area contributed by atoms with Gasteiger partial charge in [0.15, 0.2) is 5.82 Å². The molecule has 0 fully saturated rings. The summed E-state index contributed by atoms with van der Waals surface area (Å²) < 4.78 is 39.9. The van der Waals surface area contributed by atoms with E-state index in [4.69, 9.17) is 0 Å². The van der Waals surface area contributed by atoms with Crippen LogP contribution in [0.15, 0.2) is 24.3 Å². The molecule has 1 atom stereocenters. The molecular weight excluding hydrogens is 323 g/mol. The lowest BCUT2D eigenvalue weighted by Crippen LogP contribution is -2.51. The van der Waals surface area contributed by atoms with Gasteiger partial charge in [0.1, 0.15) is 5.54 Å². The molecule has 0 aliphatic rings. The Bertz CT molecular complexity index is 743. The molecule has 2 aromatic rings. The fourth-order valence-electron chi connectivity index (χ4n) is 2.42. The highest BCUT2D eigenvalue weighted by atomic mass is 19.4. The first-order valence-corrected chi connectivity index (χ1v) is 7.32. The molecule has 6 nitrogen and oxygen atoms in total. The molecule has 9 heteroatoms. The number of carbonyl (C=O) groups is 1. The van der Waals surface area contributed by atoms with E-state index in [1.54, 1.807) is 19.1 Å². The number of nitrogens with zero attached hydrogens (tertiary/aromatic N) is 5. The summed E-state index contributed by atoms with van der Waals surface area (Å²) in [6.45, 7) is 5.07. The summed E-state index contributed by atoms with van der Waals surface area (Å²) in [5, 5.41) is 11.4. The van der Waals surface area contributed by atoms with Gasteiger partial charge in [0.2, 0.25) is 0 Å². The van der Waals surface area contributed by atoms with Gasteiger partial charge in [-0.1, -0.05) is 19.1 Å². The van der Waals surface area contributed by atoms with Crippen LogP contribution in [-0.2, 0) is 10.3 Å². The van der Waals surface area contributed by atoms with E-state index < -0.39 is 17.6 Å². The van der Waals surface area contributed by atoms with E-state index in [9.17, 15) is 18.0 Å². The van der Waals surface area contributed by atoms with Crippen LogP contribution < -0.4 is 0 Å². The van der Waals surface area contributed by atoms with Crippen LogP contribution in [0.3, 0.4) is 0 Å². The molecule has 1 amide bonds. The Labute approximate surface area is 137 Å². The lowest BCUT2D eigenvalue weighted by molar-refractivity contribution is -0.190. The van der Waals surface area contributed by atoms with Gasteiger partial charge in [-0.3, -0.25) is 4.79 Å². The minimum Gasteiger partial charge on any atom is -0.325 e. The number of aromatic nitrogens is 4. The SMILES string of the molecule is CCC(C)(c1nnnn1-c1cccc(C)c1)N(C)C(=O)C(F)(F)F. The highest BCUT2D eigenvalue weighted by Crippen LogP contribution is 2.33. The molecule has 0 N–H and O–H groups in total. The molecule has 2 rings (SSSR count). The molecule has 130 valence electrons. The van der Waals surface area contributed by atoms with Gasteiger partial charge < -0.3 is 4.90 Å². The summed E-state index contributed by atoms with van der Waals surface area (Å²) >= 11 is 0. The fourth-order valence-corrected chi connectivity index (χ4v) is 2.42. The van der Waals surface area contributed by atoms with Gasteiger partial charge in [-0.05, 0) is 48.4 Å². The molecule has 0 saturated heterocycles. The molecule has 1 unspecified atom stereocenters. The van der Waals surface area contributed by atoms with Crippen LogP contribution in [0.1, 0.15) is 31.7 Å². The smallest absolute Gasteiger partial charge is 0.325 e. The summed E-state index contributed by atoms with van der Waals surface area (Å²) in [4.78, 5) is 12.3. The van der Waals surface area contributed by atoms with Crippen molar-refractivity contribution in [2.24, 2.45) is 0 Å².